The number of likely N-dealkylation sites (tertiary alicyclic amines) is 1. The fraction of sp³-hybridized carbons (Fsp3) is 0.600. The number of nitrogens with zero attached hydrogens (tertiary/aromatic N) is 3. The van der Waals surface area contributed by atoms with Crippen molar-refractivity contribution >= 4 is 11.8 Å². The smallest absolute Gasteiger partial charge is 0.236 e. The van der Waals surface area contributed by atoms with Crippen LogP contribution in [0.4, 0.5) is 0 Å². The van der Waals surface area contributed by atoms with E-state index in [9.17, 15) is 9.59 Å². The number of piperazine rings is 1. The lowest BCUT2D eigenvalue weighted by molar-refractivity contribution is -0.135. The van der Waals surface area contributed by atoms with Crippen LogP contribution in [-0.2, 0) is 16.0 Å². The quantitative estimate of drug-likeness (QED) is 0.836. The second-order valence-corrected chi connectivity index (χ2v) is 7.26. The average Bonchev–Trinajstić information content (AvgIpc) is 2.65. The first-order valence-corrected chi connectivity index (χ1v) is 9.45. The van der Waals surface area contributed by atoms with Gasteiger partial charge in [0.25, 0.3) is 0 Å². The van der Waals surface area contributed by atoms with Crippen molar-refractivity contribution in [1.29, 1.82) is 0 Å². The van der Waals surface area contributed by atoms with Crippen LogP contribution in [0.1, 0.15) is 30.4 Å². The van der Waals surface area contributed by atoms with E-state index in [1.807, 2.05) is 34.1 Å². The molecule has 0 unspecified atom stereocenters. The summed E-state index contributed by atoms with van der Waals surface area (Å²) >= 11 is 0. The summed E-state index contributed by atoms with van der Waals surface area (Å²) < 4.78 is 0. The molecule has 5 heteroatoms. The molecule has 2 amide bonds. The zero-order valence-corrected chi connectivity index (χ0v) is 15.2. The summed E-state index contributed by atoms with van der Waals surface area (Å²) in [6.07, 6.45) is 3.97. The van der Waals surface area contributed by atoms with Gasteiger partial charge >= 0.3 is 0 Å². The summed E-state index contributed by atoms with van der Waals surface area (Å²) in [6, 6.07) is 8.15. The molecule has 2 aliphatic rings. The molecule has 0 aliphatic carbocycles. The van der Waals surface area contributed by atoms with Gasteiger partial charge in [0.05, 0.1) is 13.0 Å². The topological polar surface area (TPSA) is 43.9 Å². The highest BCUT2D eigenvalue weighted by Crippen LogP contribution is 2.11. The van der Waals surface area contributed by atoms with Crippen molar-refractivity contribution in [2.24, 2.45) is 0 Å². The number of hydrogen-bond acceptors (Lipinski definition) is 3. The van der Waals surface area contributed by atoms with Crippen LogP contribution in [0.15, 0.2) is 24.3 Å². The highest BCUT2D eigenvalue weighted by Gasteiger charge is 2.24. The van der Waals surface area contributed by atoms with E-state index in [0.29, 0.717) is 13.0 Å². The number of piperidine rings is 1. The van der Waals surface area contributed by atoms with Crippen LogP contribution in [0, 0.1) is 6.92 Å². The van der Waals surface area contributed by atoms with Crippen molar-refractivity contribution in [3.63, 3.8) is 0 Å². The fourth-order valence-electron chi connectivity index (χ4n) is 3.58. The molecule has 1 aromatic carbocycles. The molecule has 5 nitrogen and oxygen atoms in total. The molecule has 0 N–H and O–H groups in total. The van der Waals surface area contributed by atoms with Gasteiger partial charge in [0, 0.05) is 39.3 Å². The third kappa shape index (κ3) is 5.05. The van der Waals surface area contributed by atoms with E-state index < -0.39 is 0 Å². The van der Waals surface area contributed by atoms with Crippen molar-refractivity contribution < 1.29 is 9.59 Å². The Morgan fingerprint density at radius 3 is 2.04 bits per heavy atom. The molecular weight excluding hydrogens is 314 g/mol. The Morgan fingerprint density at radius 2 is 1.40 bits per heavy atom. The van der Waals surface area contributed by atoms with E-state index >= 15 is 0 Å². The maximum Gasteiger partial charge on any atom is 0.236 e. The number of amides is 2. The first kappa shape index (κ1) is 17.9. The minimum absolute atomic E-state index is 0.186. The van der Waals surface area contributed by atoms with E-state index in [2.05, 4.69) is 11.8 Å². The molecule has 25 heavy (non-hydrogen) atoms. The Kier molecular flexibility index (Phi) is 6.08. The minimum Gasteiger partial charge on any atom is -0.342 e. The van der Waals surface area contributed by atoms with Gasteiger partial charge in [0.2, 0.25) is 11.8 Å². The van der Waals surface area contributed by atoms with E-state index in [-0.39, 0.29) is 11.8 Å². The van der Waals surface area contributed by atoms with Gasteiger partial charge in [-0.25, -0.2) is 0 Å². The molecule has 2 saturated heterocycles. The van der Waals surface area contributed by atoms with Crippen LogP contribution < -0.4 is 0 Å². The van der Waals surface area contributed by atoms with Crippen LogP contribution in [0.3, 0.4) is 0 Å². The summed E-state index contributed by atoms with van der Waals surface area (Å²) in [5.74, 6) is 0.435. The molecule has 3 rings (SSSR count). The van der Waals surface area contributed by atoms with E-state index in [1.165, 1.54) is 12.0 Å². The molecule has 0 bridgehead atoms. The molecule has 0 radical (unpaired) electrons. The monoisotopic (exact) mass is 343 g/mol. The second-order valence-electron chi connectivity index (χ2n) is 7.26. The van der Waals surface area contributed by atoms with Crippen molar-refractivity contribution in [2.45, 2.75) is 32.6 Å². The lowest BCUT2D eigenvalue weighted by atomic mass is 10.1. The lowest BCUT2D eigenvalue weighted by Crippen LogP contribution is -2.52. The average molecular weight is 343 g/mol. The number of rotatable bonds is 4. The normalized spacial score (nSPS) is 19.1. The molecular formula is C20H29N3O2. The molecule has 2 heterocycles. The zero-order valence-electron chi connectivity index (χ0n) is 15.2. The maximum atomic E-state index is 12.5. The zero-order chi connectivity index (χ0) is 17.6. The van der Waals surface area contributed by atoms with Gasteiger partial charge in [0.15, 0.2) is 0 Å². The summed E-state index contributed by atoms with van der Waals surface area (Å²) in [4.78, 5) is 30.9. The predicted octanol–water partition coefficient (Wildman–Crippen LogP) is 1.69. The number of benzene rings is 1. The highest BCUT2D eigenvalue weighted by atomic mass is 16.2. The van der Waals surface area contributed by atoms with E-state index in [0.717, 1.165) is 57.7 Å². The first-order chi connectivity index (χ1) is 12.1. The van der Waals surface area contributed by atoms with E-state index in [4.69, 9.17) is 0 Å². The van der Waals surface area contributed by atoms with Crippen LogP contribution >= 0.6 is 0 Å². The Morgan fingerprint density at radius 1 is 0.800 bits per heavy atom. The minimum atomic E-state index is 0.186. The summed E-state index contributed by atoms with van der Waals surface area (Å²) in [7, 11) is 0. The molecule has 0 atom stereocenters. The lowest BCUT2D eigenvalue weighted by Gasteiger charge is -2.36. The predicted molar refractivity (Wildman–Crippen MR) is 98.3 cm³/mol. The highest BCUT2D eigenvalue weighted by molar-refractivity contribution is 5.79. The van der Waals surface area contributed by atoms with Crippen molar-refractivity contribution in [1.82, 2.24) is 14.7 Å². The van der Waals surface area contributed by atoms with Gasteiger partial charge in [0.1, 0.15) is 0 Å². The first-order valence-electron chi connectivity index (χ1n) is 9.45. The maximum absolute atomic E-state index is 12.5. The van der Waals surface area contributed by atoms with Gasteiger partial charge < -0.3 is 9.80 Å². The number of carbonyl (C=O) groups is 2. The Balaban J connectivity index is 1.42. The largest absolute Gasteiger partial charge is 0.342 e. The summed E-state index contributed by atoms with van der Waals surface area (Å²) in [5.41, 5.74) is 2.28. The van der Waals surface area contributed by atoms with Gasteiger partial charge in [-0.2, -0.15) is 0 Å². The molecule has 1 aromatic rings. The van der Waals surface area contributed by atoms with Crippen molar-refractivity contribution in [2.75, 3.05) is 45.8 Å². The molecule has 0 saturated carbocycles. The SMILES string of the molecule is Cc1ccc(CC(=O)N2CCN(CC(=O)N3CCCCC3)CC2)cc1. The molecule has 2 fully saturated rings. The van der Waals surface area contributed by atoms with Crippen molar-refractivity contribution in [3.05, 3.63) is 35.4 Å². The molecule has 0 spiro atoms. The molecule has 136 valence electrons. The Hall–Kier alpha value is -1.88. The van der Waals surface area contributed by atoms with Crippen LogP contribution in [0.2, 0.25) is 0 Å². The van der Waals surface area contributed by atoms with E-state index in [1.54, 1.807) is 0 Å². The van der Waals surface area contributed by atoms with Gasteiger partial charge in [-0.05, 0) is 31.7 Å². The van der Waals surface area contributed by atoms with Crippen LogP contribution in [0.5, 0.6) is 0 Å². The Labute approximate surface area is 150 Å². The number of aryl methyl sites for hydroxylation is 1. The standard InChI is InChI=1S/C20H29N3O2/c1-17-5-7-18(8-6-17)15-19(24)23-13-11-21(12-14-23)16-20(25)22-9-3-2-4-10-22/h5-8H,2-4,9-16H2,1H3. The summed E-state index contributed by atoms with van der Waals surface area (Å²) in [6.45, 7) is 7.39. The van der Waals surface area contributed by atoms with Crippen LogP contribution in [-0.4, -0.2) is 72.3 Å². The molecule has 2 aliphatic heterocycles. The summed E-state index contributed by atoms with van der Waals surface area (Å²) in [5, 5.41) is 0. The van der Waals surface area contributed by atoms with Crippen LogP contribution in [0.25, 0.3) is 0 Å². The number of hydrogen-bond donors (Lipinski definition) is 0. The second kappa shape index (κ2) is 8.48. The number of carbonyl (C=O) groups excluding carboxylic acids is 2. The fourth-order valence-corrected chi connectivity index (χ4v) is 3.58. The van der Waals surface area contributed by atoms with Gasteiger partial charge in [-0.3, -0.25) is 14.5 Å². The van der Waals surface area contributed by atoms with Crippen molar-refractivity contribution in [3.8, 4) is 0 Å². The van der Waals surface area contributed by atoms with Gasteiger partial charge in [-0.15, -0.1) is 0 Å². The van der Waals surface area contributed by atoms with Gasteiger partial charge in [-0.1, -0.05) is 29.8 Å². The third-order valence-corrected chi connectivity index (χ3v) is 5.27. The third-order valence-electron chi connectivity index (χ3n) is 5.27. The Bertz CT molecular complexity index is 585. The molecule has 0 aromatic heterocycles.